The number of methoxy groups -OCH3 is 1. The first-order valence-corrected chi connectivity index (χ1v) is 6.37. The van der Waals surface area contributed by atoms with E-state index in [9.17, 15) is 4.79 Å². The lowest BCUT2D eigenvalue weighted by Crippen LogP contribution is -2.37. The van der Waals surface area contributed by atoms with Crippen LogP contribution in [0.5, 0.6) is 5.75 Å². The molecule has 0 bridgehead atoms. The van der Waals surface area contributed by atoms with Crippen molar-refractivity contribution in [1.82, 2.24) is 5.32 Å². The number of carbonyl (C=O) groups excluding carboxylic acids is 1. The summed E-state index contributed by atoms with van der Waals surface area (Å²) < 4.78 is 5.26. The molecule has 0 radical (unpaired) electrons. The average Bonchev–Trinajstić information content (AvgIpc) is 2.40. The lowest BCUT2D eigenvalue weighted by atomic mass is 9.98. The molecule has 1 aromatic rings. The summed E-state index contributed by atoms with van der Waals surface area (Å²) in [7, 11) is 1.61. The maximum Gasteiger partial charge on any atom is 0.228 e. The molecule has 4 nitrogen and oxygen atoms in total. The molecule has 19 heavy (non-hydrogen) atoms. The molecule has 5 heteroatoms. The molecule has 1 amide bonds. The second kappa shape index (κ2) is 7.36. The maximum absolute atomic E-state index is 12.1. The van der Waals surface area contributed by atoms with Crippen molar-refractivity contribution < 1.29 is 9.53 Å². The fourth-order valence-electron chi connectivity index (χ4n) is 2.23. The van der Waals surface area contributed by atoms with Gasteiger partial charge in [-0.25, -0.2) is 0 Å². The van der Waals surface area contributed by atoms with Gasteiger partial charge in [-0.15, -0.1) is 12.4 Å². The molecule has 1 aliphatic rings. The van der Waals surface area contributed by atoms with E-state index in [1.165, 1.54) is 0 Å². The number of carbonyl (C=O) groups is 1. The number of nitrogens with one attached hydrogen (secondary N) is 2. The summed E-state index contributed by atoms with van der Waals surface area (Å²) >= 11 is 0. The van der Waals surface area contributed by atoms with E-state index in [1.54, 1.807) is 7.11 Å². The zero-order chi connectivity index (χ0) is 13.0. The standard InChI is InChI=1S/C14H20N2O2.ClH/c1-10-5-6-13(18-2)12(8-10)16-14(17)11-4-3-7-15-9-11;/h5-6,8,11,15H,3-4,7,9H2,1-2H3,(H,16,17);1H/t11-;/m1./s1. The Hall–Kier alpha value is -1.26. The number of anilines is 1. The molecule has 2 rings (SSSR count). The van der Waals surface area contributed by atoms with Crippen LogP contribution < -0.4 is 15.4 Å². The van der Waals surface area contributed by atoms with Gasteiger partial charge in [0, 0.05) is 6.54 Å². The van der Waals surface area contributed by atoms with Crippen molar-refractivity contribution in [3.05, 3.63) is 23.8 Å². The molecule has 0 aromatic heterocycles. The van der Waals surface area contributed by atoms with Crippen molar-refractivity contribution >= 4 is 24.0 Å². The minimum Gasteiger partial charge on any atom is -0.495 e. The minimum absolute atomic E-state index is 0. The van der Waals surface area contributed by atoms with Crippen LogP contribution in [0.1, 0.15) is 18.4 Å². The Balaban J connectivity index is 0.00000180. The number of rotatable bonds is 3. The predicted octanol–water partition coefficient (Wildman–Crippen LogP) is 2.36. The first kappa shape index (κ1) is 15.8. The molecule has 1 aliphatic heterocycles. The summed E-state index contributed by atoms with van der Waals surface area (Å²) in [6.45, 7) is 3.77. The Morgan fingerprint density at radius 1 is 1.47 bits per heavy atom. The van der Waals surface area contributed by atoms with Gasteiger partial charge in [0.2, 0.25) is 5.91 Å². The molecule has 0 aliphatic carbocycles. The summed E-state index contributed by atoms with van der Waals surface area (Å²) in [5.74, 6) is 0.841. The van der Waals surface area contributed by atoms with E-state index in [1.807, 2.05) is 25.1 Å². The van der Waals surface area contributed by atoms with Crippen LogP contribution >= 0.6 is 12.4 Å². The number of hydrogen-bond donors (Lipinski definition) is 2. The highest BCUT2D eigenvalue weighted by atomic mass is 35.5. The minimum atomic E-state index is 0. The Kier molecular flexibility index (Phi) is 6.12. The number of hydrogen-bond acceptors (Lipinski definition) is 3. The number of benzene rings is 1. The molecule has 1 atom stereocenters. The van der Waals surface area contributed by atoms with E-state index in [0.29, 0.717) is 5.75 Å². The van der Waals surface area contributed by atoms with Crippen molar-refractivity contribution in [2.45, 2.75) is 19.8 Å². The topological polar surface area (TPSA) is 50.4 Å². The Bertz CT molecular complexity index is 431. The second-order valence-electron chi connectivity index (χ2n) is 4.74. The van der Waals surface area contributed by atoms with Gasteiger partial charge in [0.05, 0.1) is 18.7 Å². The van der Waals surface area contributed by atoms with Gasteiger partial charge in [0.1, 0.15) is 5.75 Å². The normalized spacial score (nSPS) is 18.3. The third-order valence-corrected chi connectivity index (χ3v) is 3.28. The molecule has 0 saturated carbocycles. The molecule has 0 spiro atoms. The van der Waals surface area contributed by atoms with E-state index < -0.39 is 0 Å². The molecular weight excluding hydrogens is 264 g/mol. The van der Waals surface area contributed by atoms with Crippen molar-refractivity contribution in [1.29, 1.82) is 0 Å². The molecule has 1 heterocycles. The van der Waals surface area contributed by atoms with Crippen molar-refractivity contribution in [2.24, 2.45) is 5.92 Å². The molecule has 0 unspecified atom stereocenters. The maximum atomic E-state index is 12.1. The summed E-state index contributed by atoms with van der Waals surface area (Å²) in [4.78, 5) is 12.1. The number of piperidine rings is 1. The highest BCUT2D eigenvalue weighted by molar-refractivity contribution is 5.94. The Morgan fingerprint density at radius 3 is 2.89 bits per heavy atom. The van der Waals surface area contributed by atoms with E-state index in [4.69, 9.17) is 4.74 Å². The quantitative estimate of drug-likeness (QED) is 0.896. The SMILES string of the molecule is COc1ccc(C)cc1NC(=O)[C@@H]1CCCNC1.Cl. The molecule has 1 saturated heterocycles. The first-order valence-electron chi connectivity index (χ1n) is 6.37. The van der Waals surface area contributed by atoms with Gasteiger partial charge in [-0.3, -0.25) is 4.79 Å². The van der Waals surface area contributed by atoms with Crippen LogP contribution in [0, 0.1) is 12.8 Å². The van der Waals surface area contributed by atoms with E-state index in [-0.39, 0.29) is 24.2 Å². The summed E-state index contributed by atoms with van der Waals surface area (Å²) in [6, 6.07) is 5.79. The predicted molar refractivity (Wildman–Crippen MR) is 79.2 cm³/mol. The second-order valence-corrected chi connectivity index (χ2v) is 4.74. The van der Waals surface area contributed by atoms with Crippen LogP contribution in [0.25, 0.3) is 0 Å². The third kappa shape index (κ3) is 4.11. The van der Waals surface area contributed by atoms with Gasteiger partial charge in [-0.1, -0.05) is 6.07 Å². The Labute approximate surface area is 120 Å². The zero-order valence-corrected chi connectivity index (χ0v) is 12.2. The highest BCUT2D eigenvalue weighted by Crippen LogP contribution is 2.26. The highest BCUT2D eigenvalue weighted by Gasteiger charge is 2.21. The number of ether oxygens (including phenoxy) is 1. The molecule has 106 valence electrons. The van der Waals surface area contributed by atoms with Crippen molar-refractivity contribution in [2.75, 3.05) is 25.5 Å². The van der Waals surface area contributed by atoms with Gasteiger partial charge < -0.3 is 15.4 Å². The summed E-state index contributed by atoms with van der Waals surface area (Å²) in [5.41, 5.74) is 1.86. The van der Waals surface area contributed by atoms with E-state index in [2.05, 4.69) is 10.6 Å². The third-order valence-electron chi connectivity index (χ3n) is 3.28. The molecular formula is C14H21ClN2O2. The largest absolute Gasteiger partial charge is 0.495 e. The summed E-state index contributed by atoms with van der Waals surface area (Å²) in [5, 5.41) is 6.22. The van der Waals surface area contributed by atoms with Gasteiger partial charge in [0.25, 0.3) is 0 Å². The van der Waals surface area contributed by atoms with Crippen molar-refractivity contribution in [3.63, 3.8) is 0 Å². The van der Waals surface area contributed by atoms with Gasteiger partial charge in [-0.2, -0.15) is 0 Å². The molecule has 1 fully saturated rings. The van der Waals surface area contributed by atoms with Crippen LogP contribution in [-0.4, -0.2) is 26.1 Å². The number of aryl methyl sites for hydroxylation is 1. The first-order chi connectivity index (χ1) is 8.70. The zero-order valence-electron chi connectivity index (χ0n) is 11.4. The van der Waals surface area contributed by atoms with Crippen LogP contribution in [-0.2, 0) is 4.79 Å². The van der Waals surface area contributed by atoms with Gasteiger partial charge >= 0.3 is 0 Å². The summed E-state index contributed by atoms with van der Waals surface area (Å²) in [6.07, 6.45) is 2.01. The smallest absolute Gasteiger partial charge is 0.228 e. The fraction of sp³-hybridized carbons (Fsp3) is 0.500. The van der Waals surface area contributed by atoms with E-state index >= 15 is 0 Å². The van der Waals surface area contributed by atoms with Gasteiger partial charge in [0.15, 0.2) is 0 Å². The average molecular weight is 285 g/mol. The Morgan fingerprint density at radius 2 is 2.26 bits per heavy atom. The van der Waals surface area contributed by atoms with Crippen LogP contribution in [0.15, 0.2) is 18.2 Å². The van der Waals surface area contributed by atoms with E-state index in [0.717, 1.165) is 37.2 Å². The number of amides is 1. The molecule has 2 N–H and O–H groups in total. The van der Waals surface area contributed by atoms with Crippen LogP contribution in [0.3, 0.4) is 0 Å². The number of halogens is 1. The van der Waals surface area contributed by atoms with Crippen LogP contribution in [0.4, 0.5) is 5.69 Å². The molecule has 1 aromatic carbocycles. The van der Waals surface area contributed by atoms with Gasteiger partial charge in [-0.05, 0) is 44.0 Å². The van der Waals surface area contributed by atoms with Crippen molar-refractivity contribution in [3.8, 4) is 5.75 Å². The lowest BCUT2D eigenvalue weighted by molar-refractivity contribution is -0.120. The fourth-order valence-corrected chi connectivity index (χ4v) is 2.23. The lowest BCUT2D eigenvalue weighted by Gasteiger charge is -2.22. The monoisotopic (exact) mass is 284 g/mol. The van der Waals surface area contributed by atoms with Crippen LogP contribution in [0.2, 0.25) is 0 Å².